The zero-order valence-electron chi connectivity index (χ0n) is 11.4. The second kappa shape index (κ2) is 5.02. The first-order chi connectivity index (χ1) is 8.43. The van der Waals surface area contributed by atoms with E-state index in [2.05, 4.69) is 10.8 Å². The summed E-state index contributed by atoms with van der Waals surface area (Å²) in [5, 5.41) is 0. The Bertz CT molecular complexity index is 465. The lowest BCUT2D eigenvalue weighted by molar-refractivity contribution is 0.405. The van der Waals surface area contributed by atoms with Crippen LogP contribution in [-0.2, 0) is 17.4 Å². The van der Waals surface area contributed by atoms with Crippen LogP contribution in [-0.4, -0.2) is 16.1 Å². The van der Waals surface area contributed by atoms with E-state index >= 15 is 0 Å². The average Bonchev–Trinajstić information content (AvgIpc) is 2.71. The van der Waals surface area contributed by atoms with Gasteiger partial charge in [-0.15, -0.1) is 0 Å². The molecule has 0 radical (unpaired) electrons. The summed E-state index contributed by atoms with van der Waals surface area (Å²) in [6, 6.07) is 6.25. The molecule has 0 unspecified atom stereocenters. The predicted molar refractivity (Wildman–Crippen MR) is 75.1 cm³/mol. The standard InChI is InChI=1S/C14H21NO2S/c1-14(2,3)18(16)15-11-9-8-10-6-5-7-12(17-4)13(10)11/h5-7,11,15H,8-9H2,1-4H3/t11-,18-/m0/s1. The molecule has 2 rings (SSSR count). The van der Waals surface area contributed by atoms with Crippen molar-refractivity contribution < 1.29 is 8.95 Å². The van der Waals surface area contributed by atoms with Crippen LogP contribution >= 0.6 is 0 Å². The molecule has 0 aromatic heterocycles. The van der Waals surface area contributed by atoms with Gasteiger partial charge >= 0.3 is 0 Å². The molecule has 0 aliphatic heterocycles. The number of rotatable bonds is 3. The van der Waals surface area contributed by atoms with Crippen LogP contribution in [0.4, 0.5) is 0 Å². The van der Waals surface area contributed by atoms with E-state index in [0.29, 0.717) is 0 Å². The molecule has 0 bridgehead atoms. The highest BCUT2D eigenvalue weighted by Crippen LogP contribution is 2.38. The number of nitrogens with one attached hydrogen (secondary N) is 1. The molecule has 0 fully saturated rings. The molecule has 4 heteroatoms. The van der Waals surface area contributed by atoms with Gasteiger partial charge in [0.1, 0.15) is 5.75 Å². The Morgan fingerprint density at radius 3 is 2.72 bits per heavy atom. The van der Waals surface area contributed by atoms with E-state index in [-0.39, 0.29) is 10.8 Å². The van der Waals surface area contributed by atoms with Crippen LogP contribution in [0.25, 0.3) is 0 Å². The van der Waals surface area contributed by atoms with Gasteiger partial charge in [0, 0.05) is 11.6 Å². The molecule has 0 spiro atoms. The molecule has 0 amide bonds. The molecular formula is C14H21NO2S. The lowest BCUT2D eigenvalue weighted by Crippen LogP contribution is -2.35. The van der Waals surface area contributed by atoms with Crippen LogP contribution in [0.1, 0.15) is 44.4 Å². The van der Waals surface area contributed by atoms with Crippen molar-refractivity contribution in [1.29, 1.82) is 0 Å². The maximum Gasteiger partial charge on any atom is 0.123 e. The van der Waals surface area contributed by atoms with E-state index in [4.69, 9.17) is 4.74 Å². The number of ether oxygens (including phenoxy) is 1. The predicted octanol–water partition coefficient (Wildman–Crippen LogP) is 2.73. The van der Waals surface area contributed by atoms with Crippen LogP contribution in [0.5, 0.6) is 5.75 Å². The highest BCUT2D eigenvalue weighted by Gasteiger charge is 2.30. The van der Waals surface area contributed by atoms with Crippen LogP contribution in [0.2, 0.25) is 0 Å². The van der Waals surface area contributed by atoms with E-state index in [1.807, 2.05) is 32.9 Å². The third-order valence-electron chi connectivity index (χ3n) is 3.23. The summed E-state index contributed by atoms with van der Waals surface area (Å²) in [7, 11) is 0.636. The first-order valence-corrected chi connectivity index (χ1v) is 7.42. The summed E-state index contributed by atoms with van der Waals surface area (Å²) in [6.45, 7) is 5.94. The van der Waals surface area contributed by atoms with Gasteiger partial charge in [-0.25, -0.2) is 8.93 Å². The number of aryl methyl sites for hydroxylation is 1. The SMILES string of the molecule is COc1cccc2c1[C@@H](N[S@@](=O)C(C)(C)C)CC2. The fourth-order valence-corrected chi connectivity index (χ4v) is 3.10. The summed E-state index contributed by atoms with van der Waals surface area (Å²) in [6.07, 6.45) is 2.00. The van der Waals surface area contributed by atoms with Crippen molar-refractivity contribution in [3.63, 3.8) is 0 Å². The second-order valence-corrected chi connectivity index (χ2v) is 7.62. The lowest BCUT2D eigenvalue weighted by Gasteiger charge is -2.23. The Labute approximate surface area is 112 Å². The Balaban J connectivity index is 2.24. The van der Waals surface area contributed by atoms with Gasteiger partial charge in [-0.3, -0.25) is 0 Å². The summed E-state index contributed by atoms with van der Waals surface area (Å²) >= 11 is 0. The normalized spacial score (nSPS) is 20.6. The van der Waals surface area contributed by atoms with Crippen molar-refractivity contribution >= 4 is 11.0 Å². The number of methoxy groups -OCH3 is 1. The molecule has 0 saturated carbocycles. The minimum atomic E-state index is -1.05. The third-order valence-corrected chi connectivity index (χ3v) is 4.84. The fraction of sp³-hybridized carbons (Fsp3) is 0.571. The van der Waals surface area contributed by atoms with Gasteiger partial charge in [-0.2, -0.15) is 0 Å². The van der Waals surface area contributed by atoms with Crippen LogP contribution in [0.15, 0.2) is 18.2 Å². The van der Waals surface area contributed by atoms with Crippen LogP contribution in [0, 0.1) is 0 Å². The molecule has 2 atom stereocenters. The van der Waals surface area contributed by atoms with Gasteiger partial charge in [0.2, 0.25) is 0 Å². The van der Waals surface area contributed by atoms with Crippen molar-refractivity contribution in [3.8, 4) is 5.75 Å². The summed E-state index contributed by atoms with van der Waals surface area (Å²) in [5.74, 6) is 0.897. The van der Waals surface area contributed by atoms with E-state index in [9.17, 15) is 4.21 Å². The lowest BCUT2D eigenvalue weighted by atomic mass is 10.1. The minimum Gasteiger partial charge on any atom is -0.496 e. The van der Waals surface area contributed by atoms with E-state index in [1.165, 1.54) is 11.1 Å². The molecule has 0 saturated heterocycles. The highest BCUT2D eigenvalue weighted by molar-refractivity contribution is 7.84. The van der Waals surface area contributed by atoms with Crippen molar-refractivity contribution in [1.82, 2.24) is 4.72 Å². The van der Waals surface area contributed by atoms with E-state index < -0.39 is 11.0 Å². The molecule has 1 aliphatic rings. The van der Waals surface area contributed by atoms with Crippen molar-refractivity contribution in [2.24, 2.45) is 0 Å². The van der Waals surface area contributed by atoms with Crippen molar-refractivity contribution in [2.45, 2.75) is 44.4 Å². The van der Waals surface area contributed by atoms with Crippen molar-refractivity contribution in [2.75, 3.05) is 7.11 Å². The third kappa shape index (κ3) is 2.59. The first kappa shape index (κ1) is 13.6. The molecule has 1 aliphatic carbocycles. The zero-order valence-corrected chi connectivity index (χ0v) is 12.3. The highest BCUT2D eigenvalue weighted by atomic mass is 32.2. The second-order valence-electron chi connectivity index (χ2n) is 5.62. The summed E-state index contributed by atoms with van der Waals surface area (Å²) in [4.78, 5) is 0. The maximum absolute atomic E-state index is 12.2. The largest absolute Gasteiger partial charge is 0.496 e. The summed E-state index contributed by atoms with van der Waals surface area (Å²) < 4.78 is 20.6. The molecule has 100 valence electrons. The summed E-state index contributed by atoms with van der Waals surface area (Å²) in [5.41, 5.74) is 2.48. The van der Waals surface area contributed by atoms with Gasteiger partial charge in [-0.1, -0.05) is 12.1 Å². The Morgan fingerprint density at radius 2 is 2.11 bits per heavy atom. The Morgan fingerprint density at radius 1 is 1.39 bits per heavy atom. The quantitative estimate of drug-likeness (QED) is 0.914. The number of benzene rings is 1. The van der Waals surface area contributed by atoms with Gasteiger partial charge < -0.3 is 4.74 Å². The number of hydrogen-bond donors (Lipinski definition) is 1. The molecule has 3 nitrogen and oxygen atoms in total. The maximum atomic E-state index is 12.2. The van der Waals surface area contributed by atoms with E-state index in [1.54, 1.807) is 7.11 Å². The Hall–Kier alpha value is -0.870. The molecule has 1 N–H and O–H groups in total. The van der Waals surface area contributed by atoms with Crippen LogP contribution < -0.4 is 9.46 Å². The van der Waals surface area contributed by atoms with Gasteiger partial charge in [-0.05, 0) is 45.2 Å². The Kier molecular flexibility index (Phi) is 3.78. The van der Waals surface area contributed by atoms with Gasteiger partial charge in [0.05, 0.1) is 22.8 Å². The van der Waals surface area contributed by atoms with E-state index in [0.717, 1.165) is 18.6 Å². The van der Waals surface area contributed by atoms with Crippen LogP contribution in [0.3, 0.4) is 0 Å². The minimum absolute atomic E-state index is 0.135. The van der Waals surface area contributed by atoms with Gasteiger partial charge in [0.25, 0.3) is 0 Å². The fourth-order valence-electron chi connectivity index (χ4n) is 2.25. The number of hydrogen-bond acceptors (Lipinski definition) is 2. The average molecular weight is 267 g/mol. The van der Waals surface area contributed by atoms with Gasteiger partial charge in [0.15, 0.2) is 0 Å². The molecule has 1 aromatic carbocycles. The molecule has 1 aromatic rings. The van der Waals surface area contributed by atoms with Crippen molar-refractivity contribution in [3.05, 3.63) is 29.3 Å². The smallest absolute Gasteiger partial charge is 0.123 e. The molecular weight excluding hydrogens is 246 g/mol. The first-order valence-electron chi connectivity index (χ1n) is 6.27. The number of fused-ring (bicyclic) bond motifs is 1. The monoisotopic (exact) mass is 267 g/mol. The zero-order chi connectivity index (χ0) is 13.3. The topological polar surface area (TPSA) is 38.3 Å². The molecule has 18 heavy (non-hydrogen) atoms. The molecule has 0 heterocycles.